The Labute approximate surface area is 146 Å². The molecule has 0 bridgehead atoms. The Bertz CT molecular complexity index is 731. The molecule has 0 spiro atoms. The van der Waals surface area contributed by atoms with Gasteiger partial charge in [-0.3, -0.25) is 9.69 Å². The van der Waals surface area contributed by atoms with E-state index in [9.17, 15) is 10.1 Å². The molecule has 2 aromatic rings. The largest absolute Gasteiger partial charge is 0.336 e. The van der Waals surface area contributed by atoms with Gasteiger partial charge >= 0.3 is 0 Å². The molecule has 0 N–H and O–H groups in total. The van der Waals surface area contributed by atoms with Crippen LogP contribution in [0.1, 0.15) is 22.0 Å². The fraction of sp³-hybridized carbons (Fsp3) is 0.263. The van der Waals surface area contributed by atoms with Gasteiger partial charge < -0.3 is 4.90 Å². The third-order valence-corrected chi connectivity index (χ3v) is 4.55. The van der Waals surface area contributed by atoms with Crippen LogP contribution in [-0.2, 0) is 0 Å². The Balaban J connectivity index is 1.64. The van der Waals surface area contributed by atoms with Crippen molar-refractivity contribution in [2.75, 3.05) is 26.2 Å². The normalized spacial score (nSPS) is 16.4. The van der Waals surface area contributed by atoms with Gasteiger partial charge in [0.1, 0.15) is 6.04 Å². The number of halogens is 1. The summed E-state index contributed by atoms with van der Waals surface area (Å²) in [7, 11) is 0. The van der Waals surface area contributed by atoms with E-state index in [1.165, 1.54) is 0 Å². The Morgan fingerprint density at radius 3 is 2.21 bits per heavy atom. The summed E-state index contributed by atoms with van der Waals surface area (Å²) in [6.07, 6.45) is 0. The van der Waals surface area contributed by atoms with Crippen molar-refractivity contribution in [2.45, 2.75) is 6.04 Å². The molecule has 1 fully saturated rings. The number of hydrogen-bond donors (Lipinski definition) is 0. The summed E-state index contributed by atoms with van der Waals surface area (Å²) in [5.41, 5.74) is 1.64. The number of benzene rings is 2. The molecule has 1 aliphatic heterocycles. The number of amides is 1. The first kappa shape index (κ1) is 16.5. The molecule has 0 aromatic heterocycles. The fourth-order valence-corrected chi connectivity index (χ4v) is 3.09. The average molecular weight is 340 g/mol. The number of carbonyl (C=O) groups excluding carboxylic acids is 1. The second-order valence-corrected chi connectivity index (χ2v) is 6.21. The lowest BCUT2D eigenvalue weighted by Gasteiger charge is -2.37. The first-order valence-corrected chi connectivity index (χ1v) is 8.30. The molecule has 1 heterocycles. The van der Waals surface area contributed by atoms with Crippen molar-refractivity contribution < 1.29 is 4.79 Å². The predicted molar refractivity (Wildman–Crippen MR) is 93.7 cm³/mol. The lowest BCUT2D eigenvalue weighted by molar-refractivity contribution is 0.0606. The van der Waals surface area contributed by atoms with Crippen LogP contribution in [-0.4, -0.2) is 41.9 Å². The van der Waals surface area contributed by atoms with Gasteiger partial charge in [0.2, 0.25) is 0 Å². The van der Waals surface area contributed by atoms with Gasteiger partial charge in [0, 0.05) is 36.8 Å². The van der Waals surface area contributed by atoms with Crippen molar-refractivity contribution in [2.24, 2.45) is 0 Å². The summed E-state index contributed by atoms with van der Waals surface area (Å²) in [5, 5.41) is 10.1. The highest BCUT2D eigenvalue weighted by Gasteiger charge is 2.27. The SMILES string of the molecule is N#CC(c1ccccc1)N1CCN(C(=O)c2ccc(Cl)cc2)CC1. The zero-order valence-electron chi connectivity index (χ0n) is 13.2. The van der Waals surface area contributed by atoms with Crippen LogP contribution in [0.4, 0.5) is 0 Å². The van der Waals surface area contributed by atoms with Gasteiger partial charge in [-0.2, -0.15) is 5.26 Å². The lowest BCUT2D eigenvalue weighted by Crippen LogP contribution is -2.49. The Morgan fingerprint density at radius 2 is 1.62 bits per heavy atom. The van der Waals surface area contributed by atoms with Crippen LogP contribution in [0.25, 0.3) is 0 Å². The molecule has 1 saturated heterocycles. The second-order valence-electron chi connectivity index (χ2n) is 5.78. The van der Waals surface area contributed by atoms with E-state index in [1.54, 1.807) is 24.3 Å². The van der Waals surface area contributed by atoms with Gasteiger partial charge in [0.15, 0.2) is 0 Å². The van der Waals surface area contributed by atoms with Gasteiger partial charge in [-0.25, -0.2) is 0 Å². The number of nitrogens with zero attached hydrogens (tertiary/aromatic N) is 3. The Kier molecular flexibility index (Phi) is 5.14. The highest BCUT2D eigenvalue weighted by Crippen LogP contribution is 2.22. The fourth-order valence-electron chi connectivity index (χ4n) is 2.96. The van der Waals surface area contributed by atoms with Crippen molar-refractivity contribution in [1.82, 2.24) is 9.80 Å². The molecule has 24 heavy (non-hydrogen) atoms. The molecular weight excluding hydrogens is 322 g/mol. The van der Waals surface area contributed by atoms with Crippen molar-refractivity contribution in [3.8, 4) is 6.07 Å². The Hall–Kier alpha value is -2.35. The number of rotatable bonds is 3. The number of nitriles is 1. The van der Waals surface area contributed by atoms with Crippen molar-refractivity contribution in [3.63, 3.8) is 0 Å². The van der Waals surface area contributed by atoms with E-state index in [1.807, 2.05) is 35.2 Å². The molecule has 1 aliphatic rings. The summed E-state index contributed by atoms with van der Waals surface area (Å²) < 4.78 is 0. The van der Waals surface area contributed by atoms with Crippen molar-refractivity contribution >= 4 is 17.5 Å². The van der Waals surface area contributed by atoms with E-state index in [4.69, 9.17) is 11.6 Å². The summed E-state index contributed by atoms with van der Waals surface area (Å²) in [6.45, 7) is 2.61. The number of carbonyl (C=O) groups is 1. The Morgan fingerprint density at radius 1 is 1.00 bits per heavy atom. The third-order valence-electron chi connectivity index (χ3n) is 4.30. The molecule has 1 amide bonds. The molecule has 0 radical (unpaired) electrons. The minimum atomic E-state index is -0.265. The van der Waals surface area contributed by atoms with E-state index in [-0.39, 0.29) is 11.9 Å². The maximum atomic E-state index is 12.5. The molecular formula is C19H18ClN3O. The maximum Gasteiger partial charge on any atom is 0.253 e. The number of piperazine rings is 1. The first-order valence-electron chi connectivity index (χ1n) is 7.92. The monoisotopic (exact) mass is 339 g/mol. The van der Waals surface area contributed by atoms with Crippen LogP contribution < -0.4 is 0 Å². The van der Waals surface area contributed by atoms with Crippen molar-refractivity contribution in [1.29, 1.82) is 5.26 Å². The smallest absolute Gasteiger partial charge is 0.253 e. The molecule has 1 atom stereocenters. The van der Waals surface area contributed by atoms with Crippen LogP contribution in [0.3, 0.4) is 0 Å². The van der Waals surface area contributed by atoms with Crippen LogP contribution in [0, 0.1) is 11.3 Å². The van der Waals surface area contributed by atoms with E-state index in [0.717, 1.165) is 5.56 Å². The average Bonchev–Trinajstić information content (AvgIpc) is 2.64. The zero-order chi connectivity index (χ0) is 16.9. The highest BCUT2D eigenvalue weighted by atomic mass is 35.5. The summed E-state index contributed by atoms with van der Waals surface area (Å²) >= 11 is 5.87. The van der Waals surface area contributed by atoms with Crippen LogP contribution in [0.2, 0.25) is 5.02 Å². The van der Waals surface area contributed by atoms with Gasteiger partial charge in [-0.05, 0) is 29.8 Å². The molecule has 122 valence electrons. The molecule has 4 nitrogen and oxygen atoms in total. The van der Waals surface area contributed by atoms with E-state index < -0.39 is 0 Å². The number of hydrogen-bond acceptors (Lipinski definition) is 3. The van der Waals surface area contributed by atoms with E-state index in [2.05, 4.69) is 11.0 Å². The van der Waals surface area contributed by atoms with Crippen molar-refractivity contribution in [3.05, 3.63) is 70.7 Å². The lowest BCUT2D eigenvalue weighted by atomic mass is 10.1. The van der Waals surface area contributed by atoms with Gasteiger partial charge in [-0.1, -0.05) is 41.9 Å². The predicted octanol–water partition coefficient (Wildman–Crippen LogP) is 3.36. The van der Waals surface area contributed by atoms with Crippen LogP contribution >= 0.6 is 11.6 Å². The molecule has 3 rings (SSSR count). The van der Waals surface area contributed by atoms with Gasteiger partial charge in [0.25, 0.3) is 5.91 Å². The zero-order valence-corrected chi connectivity index (χ0v) is 14.0. The van der Waals surface area contributed by atoms with Crippen LogP contribution in [0.15, 0.2) is 54.6 Å². The topological polar surface area (TPSA) is 47.3 Å². The maximum absolute atomic E-state index is 12.5. The van der Waals surface area contributed by atoms with E-state index in [0.29, 0.717) is 36.8 Å². The highest BCUT2D eigenvalue weighted by molar-refractivity contribution is 6.30. The summed E-state index contributed by atoms with van der Waals surface area (Å²) in [4.78, 5) is 16.5. The third kappa shape index (κ3) is 3.59. The van der Waals surface area contributed by atoms with E-state index >= 15 is 0 Å². The van der Waals surface area contributed by atoms with Gasteiger partial charge in [0.05, 0.1) is 6.07 Å². The van der Waals surface area contributed by atoms with Gasteiger partial charge in [-0.15, -0.1) is 0 Å². The molecule has 1 unspecified atom stereocenters. The van der Waals surface area contributed by atoms with Crippen LogP contribution in [0.5, 0.6) is 0 Å². The molecule has 5 heteroatoms. The molecule has 0 saturated carbocycles. The standard InChI is InChI=1S/C19H18ClN3O/c20-17-8-6-16(7-9-17)19(24)23-12-10-22(11-13-23)18(14-21)15-4-2-1-3-5-15/h1-9,18H,10-13H2. The summed E-state index contributed by atoms with van der Waals surface area (Å²) in [6, 6.07) is 18.8. The minimum Gasteiger partial charge on any atom is -0.336 e. The molecule has 2 aromatic carbocycles. The first-order chi connectivity index (χ1) is 11.7. The molecule has 0 aliphatic carbocycles. The second kappa shape index (κ2) is 7.48. The quantitative estimate of drug-likeness (QED) is 0.861. The minimum absolute atomic E-state index is 0.0135. The summed E-state index contributed by atoms with van der Waals surface area (Å²) in [5.74, 6) is 0.0135.